The Hall–Kier alpha value is -2.11. The topological polar surface area (TPSA) is 68.2 Å². The summed E-state index contributed by atoms with van der Waals surface area (Å²) in [6.45, 7) is 6.33. The van der Waals surface area contributed by atoms with Crippen molar-refractivity contribution in [2.24, 2.45) is 5.84 Å². The second-order valence-corrected chi connectivity index (χ2v) is 6.60. The van der Waals surface area contributed by atoms with Crippen molar-refractivity contribution in [2.45, 2.75) is 26.2 Å². The summed E-state index contributed by atoms with van der Waals surface area (Å²) in [4.78, 5) is 4.78. The number of benzene rings is 1. The van der Waals surface area contributed by atoms with Gasteiger partial charge in [-0.2, -0.15) is 9.61 Å². The molecule has 0 saturated heterocycles. The smallest absolute Gasteiger partial charge is 0.165 e. The van der Waals surface area contributed by atoms with Crippen LogP contribution in [0.5, 0.6) is 0 Å². The highest BCUT2D eigenvalue weighted by Gasteiger charge is 2.20. The Morgan fingerprint density at radius 3 is 2.55 bits per heavy atom. The summed E-state index contributed by atoms with van der Waals surface area (Å²) < 4.78 is 1.69. The Balaban J connectivity index is 2.32. The normalized spacial score (nSPS) is 11.9. The van der Waals surface area contributed by atoms with Gasteiger partial charge >= 0.3 is 0 Å². The van der Waals surface area contributed by atoms with E-state index in [2.05, 4.69) is 31.3 Å². The predicted octanol–water partition coefficient (Wildman–Crippen LogP) is 3.63. The molecule has 0 radical (unpaired) electrons. The van der Waals surface area contributed by atoms with Crippen molar-refractivity contribution in [1.82, 2.24) is 14.6 Å². The average Bonchev–Trinajstić information content (AvgIpc) is 2.89. The van der Waals surface area contributed by atoms with E-state index in [0.29, 0.717) is 10.8 Å². The van der Waals surface area contributed by atoms with Crippen molar-refractivity contribution in [3.63, 3.8) is 0 Å². The number of nitrogens with two attached hydrogens (primary N) is 1. The van der Waals surface area contributed by atoms with Gasteiger partial charge in [0.25, 0.3) is 0 Å². The molecule has 0 unspecified atom stereocenters. The molecule has 1 aromatic carbocycles. The molecular weight excluding hydrogens is 298 g/mol. The largest absolute Gasteiger partial charge is 0.308 e. The fourth-order valence-corrected chi connectivity index (χ4v) is 2.56. The summed E-state index contributed by atoms with van der Waals surface area (Å²) >= 11 is 6.31. The molecule has 0 aliphatic carbocycles. The third-order valence-electron chi connectivity index (χ3n) is 3.55. The molecular formula is C16H18ClN5. The molecule has 0 atom stereocenters. The number of rotatable bonds is 2. The van der Waals surface area contributed by atoms with Gasteiger partial charge in [-0.3, -0.25) is 0 Å². The predicted molar refractivity (Wildman–Crippen MR) is 89.9 cm³/mol. The summed E-state index contributed by atoms with van der Waals surface area (Å²) in [6.07, 6.45) is 1.76. The molecule has 3 N–H and O–H groups in total. The Morgan fingerprint density at radius 2 is 1.91 bits per heavy atom. The van der Waals surface area contributed by atoms with Crippen LogP contribution in [0.25, 0.3) is 16.8 Å². The second-order valence-electron chi connectivity index (χ2n) is 6.19. The van der Waals surface area contributed by atoms with Crippen LogP contribution in [0, 0.1) is 0 Å². The Bertz CT molecular complexity index is 832. The Labute approximate surface area is 134 Å². The zero-order valence-corrected chi connectivity index (χ0v) is 13.5. The fraction of sp³-hybridized carbons (Fsp3) is 0.250. The first-order valence-electron chi connectivity index (χ1n) is 7.02. The van der Waals surface area contributed by atoms with Crippen LogP contribution in [0.2, 0.25) is 5.02 Å². The summed E-state index contributed by atoms with van der Waals surface area (Å²) in [7, 11) is 0. The van der Waals surface area contributed by atoms with Gasteiger partial charge < -0.3 is 5.43 Å². The number of anilines is 1. The molecule has 0 saturated carbocycles. The highest BCUT2D eigenvalue weighted by Crippen LogP contribution is 2.32. The lowest BCUT2D eigenvalue weighted by atomic mass is 9.92. The van der Waals surface area contributed by atoms with Crippen LogP contribution in [0.4, 0.5) is 5.82 Å². The van der Waals surface area contributed by atoms with Crippen molar-refractivity contribution in [3.8, 4) is 11.1 Å². The maximum absolute atomic E-state index is 6.31. The Morgan fingerprint density at radius 1 is 1.18 bits per heavy atom. The number of nitrogens with zero attached hydrogens (tertiary/aromatic N) is 3. The minimum Gasteiger partial charge on any atom is -0.308 e. The number of fused-ring (bicyclic) bond motifs is 1. The van der Waals surface area contributed by atoms with Crippen LogP contribution in [-0.4, -0.2) is 14.6 Å². The van der Waals surface area contributed by atoms with Crippen LogP contribution in [0.3, 0.4) is 0 Å². The van der Waals surface area contributed by atoms with Gasteiger partial charge in [0.1, 0.15) is 5.82 Å². The summed E-state index contributed by atoms with van der Waals surface area (Å²) in [5.41, 5.74) is 6.04. The van der Waals surface area contributed by atoms with Crippen molar-refractivity contribution in [2.75, 3.05) is 5.43 Å². The molecule has 0 bridgehead atoms. The van der Waals surface area contributed by atoms with Gasteiger partial charge in [-0.15, -0.1) is 0 Å². The van der Waals surface area contributed by atoms with Crippen molar-refractivity contribution in [1.29, 1.82) is 0 Å². The SMILES string of the molecule is CC(C)(C)c1cc(NN)n2ncc(-c3ccccc3Cl)c2n1. The quantitative estimate of drug-likeness (QED) is 0.559. The fourth-order valence-electron chi connectivity index (χ4n) is 2.32. The lowest BCUT2D eigenvalue weighted by molar-refractivity contribution is 0.568. The molecule has 0 aliphatic heterocycles. The number of hydrogen-bond donors (Lipinski definition) is 2. The highest BCUT2D eigenvalue weighted by molar-refractivity contribution is 6.33. The molecule has 0 amide bonds. The number of hydrogen-bond acceptors (Lipinski definition) is 4. The van der Waals surface area contributed by atoms with E-state index >= 15 is 0 Å². The average molecular weight is 316 g/mol. The first-order chi connectivity index (χ1) is 10.4. The molecule has 2 heterocycles. The summed E-state index contributed by atoms with van der Waals surface area (Å²) in [6, 6.07) is 9.58. The van der Waals surface area contributed by atoms with Crippen LogP contribution in [0.15, 0.2) is 36.5 Å². The lowest BCUT2D eigenvalue weighted by Gasteiger charge is -2.19. The number of halogens is 1. The number of nitrogen functional groups attached to an aromatic ring is 1. The molecule has 0 aliphatic rings. The van der Waals surface area contributed by atoms with Gasteiger partial charge in [-0.05, 0) is 6.07 Å². The maximum Gasteiger partial charge on any atom is 0.165 e. The highest BCUT2D eigenvalue weighted by atomic mass is 35.5. The molecule has 6 heteroatoms. The van der Waals surface area contributed by atoms with E-state index in [4.69, 9.17) is 22.4 Å². The van der Waals surface area contributed by atoms with Crippen molar-refractivity contribution in [3.05, 3.63) is 47.2 Å². The van der Waals surface area contributed by atoms with Crippen molar-refractivity contribution >= 4 is 23.1 Å². The molecule has 0 spiro atoms. The van der Waals surface area contributed by atoms with Crippen molar-refractivity contribution < 1.29 is 0 Å². The molecule has 0 fully saturated rings. The molecule has 5 nitrogen and oxygen atoms in total. The van der Waals surface area contributed by atoms with Crippen LogP contribution >= 0.6 is 11.6 Å². The van der Waals surface area contributed by atoms with Crippen LogP contribution in [0.1, 0.15) is 26.5 Å². The Kier molecular flexibility index (Phi) is 3.54. The second kappa shape index (κ2) is 5.26. The number of hydrazine groups is 1. The van der Waals surface area contributed by atoms with E-state index in [1.54, 1.807) is 10.7 Å². The first-order valence-corrected chi connectivity index (χ1v) is 7.40. The number of nitrogens with one attached hydrogen (secondary N) is 1. The maximum atomic E-state index is 6.31. The van der Waals surface area contributed by atoms with E-state index in [-0.39, 0.29) is 5.41 Å². The third-order valence-corrected chi connectivity index (χ3v) is 3.88. The zero-order chi connectivity index (χ0) is 15.9. The van der Waals surface area contributed by atoms with Gasteiger partial charge in [0, 0.05) is 27.6 Å². The van der Waals surface area contributed by atoms with E-state index in [1.807, 2.05) is 30.3 Å². The molecule has 22 heavy (non-hydrogen) atoms. The molecule has 3 aromatic rings. The van der Waals surface area contributed by atoms with E-state index in [1.165, 1.54) is 0 Å². The minimum atomic E-state index is -0.102. The number of aromatic nitrogens is 3. The molecule has 114 valence electrons. The third kappa shape index (κ3) is 2.42. The van der Waals surface area contributed by atoms with Crippen LogP contribution < -0.4 is 11.3 Å². The molecule has 3 rings (SSSR count). The summed E-state index contributed by atoms with van der Waals surface area (Å²) in [5.74, 6) is 6.33. The van der Waals surface area contributed by atoms with Gasteiger partial charge in [0.2, 0.25) is 0 Å². The molecule has 2 aromatic heterocycles. The lowest BCUT2D eigenvalue weighted by Crippen LogP contribution is -2.18. The van der Waals surface area contributed by atoms with Gasteiger partial charge in [-0.25, -0.2) is 10.8 Å². The monoisotopic (exact) mass is 315 g/mol. The van der Waals surface area contributed by atoms with Gasteiger partial charge in [0.15, 0.2) is 5.65 Å². The minimum absolute atomic E-state index is 0.102. The van der Waals surface area contributed by atoms with E-state index in [9.17, 15) is 0 Å². The van der Waals surface area contributed by atoms with E-state index in [0.717, 1.165) is 22.5 Å². The van der Waals surface area contributed by atoms with Gasteiger partial charge in [0.05, 0.1) is 11.9 Å². The first kappa shape index (κ1) is 14.8. The standard InChI is InChI=1S/C16H18ClN5/c1-16(2,3)13-8-14(21-18)22-15(20-13)11(9-19-22)10-6-4-5-7-12(10)17/h4-9,21H,18H2,1-3H3. The van der Waals surface area contributed by atoms with Crippen LogP contribution in [-0.2, 0) is 5.41 Å². The zero-order valence-electron chi connectivity index (χ0n) is 12.8. The van der Waals surface area contributed by atoms with Gasteiger partial charge in [-0.1, -0.05) is 50.6 Å². The summed E-state index contributed by atoms with van der Waals surface area (Å²) in [5, 5.41) is 5.05. The van der Waals surface area contributed by atoms with E-state index < -0.39 is 0 Å².